The minimum atomic E-state index is -0.897. The van der Waals surface area contributed by atoms with Crippen LogP contribution in [0, 0.1) is 16.2 Å². The maximum Gasteiger partial charge on any atom is 0.219 e. The number of ether oxygens (including phenoxy) is 1. The van der Waals surface area contributed by atoms with Crippen LogP contribution >= 0.6 is 0 Å². The highest BCUT2D eigenvalue weighted by atomic mass is 16.5. The number of likely N-dealkylation sites (tertiary alicyclic amines) is 1. The van der Waals surface area contributed by atoms with Crippen molar-refractivity contribution in [3.05, 3.63) is 35.1 Å². The molecule has 41 heavy (non-hydrogen) atoms. The fraction of sp³-hybridized carbons (Fsp3) is 0.571. The lowest BCUT2D eigenvalue weighted by Gasteiger charge is -2.39. The normalized spacial score (nSPS) is 24.2. The van der Waals surface area contributed by atoms with E-state index in [0.29, 0.717) is 61.6 Å². The van der Waals surface area contributed by atoms with Crippen LogP contribution in [-0.2, 0) is 11.3 Å². The Morgan fingerprint density at radius 2 is 2.12 bits per heavy atom. The van der Waals surface area contributed by atoms with E-state index in [1.807, 2.05) is 6.92 Å². The number of rotatable bonds is 10. The van der Waals surface area contributed by atoms with Gasteiger partial charge in [-0.1, -0.05) is 11.6 Å². The van der Waals surface area contributed by atoms with Gasteiger partial charge in [-0.05, 0) is 65.5 Å². The molecule has 2 aromatic rings. The molecule has 0 unspecified atom stereocenters. The van der Waals surface area contributed by atoms with E-state index in [1.165, 1.54) is 11.0 Å². The van der Waals surface area contributed by atoms with Crippen molar-refractivity contribution >= 4 is 24.2 Å². The second kappa shape index (κ2) is 12.2. The minimum absolute atomic E-state index is 0.0107. The van der Waals surface area contributed by atoms with Crippen LogP contribution in [0.3, 0.4) is 0 Å². The summed E-state index contributed by atoms with van der Waals surface area (Å²) < 4.78 is 7.82. The molecule has 1 saturated carbocycles. The Balaban J connectivity index is 1.49. The number of aliphatic imine (C=N–C) groups is 1. The Kier molecular flexibility index (Phi) is 8.52. The maximum atomic E-state index is 13.0. The molecule has 218 valence electrons. The number of Topliss-reactive ketones (excluding diaryl/α,β-unsaturated/α-hetero) is 1. The van der Waals surface area contributed by atoms with Crippen LogP contribution in [0.5, 0.6) is 5.88 Å². The van der Waals surface area contributed by atoms with Gasteiger partial charge < -0.3 is 15.2 Å². The molecule has 0 aromatic carbocycles. The van der Waals surface area contributed by atoms with Gasteiger partial charge in [-0.2, -0.15) is 4.98 Å². The van der Waals surface area contributed by atoms with Gasteiger partial charge in [0.15, 0.2) is 11.6 Å². The van der Waals surface area contributed by atoms with E-state index in [0.717, 1.165) is 38.6 Å². The predicted molar refractivity (Wildman–Crippen MR) is 153 cm³/mol. The third-order valence-corrected chi connectivity index (χ3v) is 8.50. The zero-order valence-electron chi connectivity index (χ0n) is 23.6. The molecule has 0 radical (unpaired) electrons. The first-order valence-corrected chi connectivity index (χ1v) is 14.3. The quantitative estimate of drug-likeness (QED) is 0.250. The summed E-state index contributed by atoms with van der Waals surface area (Å²) in [6, 6.07) is 1.91. The van der Waals surface area contributed by atoms with E-state index in [2.05, 4.69) is 42.5 Å². The van der Waals surface area contributed by atoms with Crippen molar-refractivity contribution in [2.75, 3.05) is 13.6 Å². The van der Waals surface area contributed by atoms with Gasteiger partial charge in [0.05, 0.1) is 24.5 Å². The number of nitrogens with one attached hydrogen (secondary N) is 3. The van der Waals surface area contributed by atoms with Gasteiger partial charge in [0.25, 0.3) is 0 Å². The van der Waals surface area contributed by atoms with Gasteiger partial charge in [0.1, 0.15) is 35.4 Å². The number of nitrogens with zero attached hydrogens (tertiary/aromatic N) is 7. The summed E-state index contributed by atoms with van der Waals surface area (Å²) in [7, 11) is 2.09. The molecule has 1 saturated heterocycles. The van der Waals surface area contributed by atoms with Crippen LogP contribution in [0.15, 0.2) is 28.6 Å². The average Bonchev–Trinajstić information content (AvgIpc) is 3.63. The molecule has 13 nitrogen and oxygen atoms in total. The molecule has 3 atom stereocenters. The van der Waals surface area contributed by atoms with Crippen molar-refractivity contribution in [2.24, 2.45) is 10.4 Å². The molecule has 1 spiro atoms. The lowest BCUT2D eigenvalue weighted by atomic mass is 9.64. The van der Waals surface area contributed by atoms with Gasteiger partial charge in [0.2, 0.25) is 5.88 Å². The number of aromatic nitrogens is 5. The molecule has 2 fully saturated rings. The van der Waals surface area contributed by atoms with E-state index in [9.17, 15) is 9.90 Å². The van der Waals surface area contributed by atoms with Crippen LogP contribution in [0.25, 0.3) is 5.82 Å². The Labute approximate surface area is 239 Å². The fourth-order valence-corrected chi connectivity index (χ4v) is 6.31. The Morgan fingerprint density at radius 3 is 2.88 bits per heavy atom. The lowest BCUT2D eigenvalue weighted by Crippen LogP contribution is -2.39. The number of carbonyl (C=O) groups is 1. The van der Waals surface area contributed by atoms with E-state index in [4.69, 9.17) is 15.6 Å². The average molecular weight is 563 g/mol. The first kappa shape index (κ1) is 28.5. The molecule has 13 heteroatoms. The summed E-state index contributed by atoms with van der Waals surface area (Å²) in [6.45, 7) is 3.37. The number of likely N-dealkylation sites (N-methyl/N-ethyl adjacent to an activating group) is 1. The second-order valence-corrected chi connectivity index (χ2v) is 11.1. The lowest BCUT2D eigenvalue weighted by molar-refractivity contribution is -0.131. The SMILES string of the molecule is C[C@H](Oc1cc(-n2cc(CN/C=N\C=N)nn2)nc(C(=N)C2=C(O)[C@]3(CCCCC3=O)CCC2)n1)[C@@H]1CCCN1C. The number of aliphatic hydroxyl groups excluding tert-OH is 1. The monoisotopic (exact) mass is 562 g/mol. The zero-order chi connectivity index (χ0) is 29.0. The third-order valence-electron chi connectivity index (χ3n) is 8.50. The molecule has 5 rings (SSSR count). The molecule has 1 aliphatic heterocycles. The van der Waals surface area contributed by atoms with E-state index in [1.54, 1.807) is 12.3 Å². The molecule has 2 aliphatic carbocycles. The highest BCUT2D eigenvalue weighted by Crippen LogP contribution is 2.48. The van der Waals surface area contributed by atoms with Crippen molar-refractivity contribution in [3.63, 3.8) is 0 Å². The number of hydrogen-bond acceptors (Lipinski definition) is 10. The van der Waals surface area contributed by atoms with E-state index >= 15 is 0 Å². The smallest absolute Gasteiger partial charge is 0.219 e. The molecule has 3 heterocycles. The fourth-order valence-electron chi connectivity index (χ4n) is 6.31. The van der Waals surface area contributed by atoms with Crippen molar-refractivity contribution in [2.45, 2.75) is 83.4 Å². The summed E-state index contributed by atoms with van der Waals surface area (Å²) in [5, 5.41) is 38.8. The zero-order valence-corrected chi connectivity index (χ0v) is 23.6. The molecular formula is C28H38N10O3. The summed E-state index contributed by atoms with van der Waals surface area (Å²) in [5.74, 6) is 0.841. The number of allylic oxidation sites excluding steroid dienone is 2. The molecule has 0 amide bonds. The second-order valence-electron chi connectivity index (χ2n) is 11.1. The van der Waals surface area contributed by atoms with Crippen LogP contribution < -0.4 is 10.1 Å². The highest BCUT2D eigenvalue weighted by Gasteiger charge is 2.47. The minimum Gasteiger partial charge on any atom is -0.511 e. The predicted octanol–water partition coefficient (Wildman–Crippen LogP) is 3.14. The Morgan fingerprint density at radius 1 is 1.29 bits per heavy atom. The van der Waals surface area contributed by atoms with Gasteiger partial charge >= 0.3 is 0 Å². The van der Waals surface area contributed by atoms with E-state index in [-0.39, 0.29) is 35.2 Å². The van der Waals surface area contributed by atoms with Crippen molar-refractivity contribution < 1.29 is 14.6 Å². The Bertz CT molecular complexity index is 1370. The Hall–Kier alpha value is -4.00. The molecule has 3 aliphatic rings. The molecule has 0 bridgehead atoms. The molecular weight excluding hydrogens is 524 g/mol. The van der Waals surface area contributed by atoms with E-state index < -0.39 is 5.41 Å². The molecule has 2 aromatic heterocycles. The van der Waals surface area contributed by atoms with Gasteiger partial charge in [0, 0.05) is 24.1 Å². The topological polar surface area (TPSA) is 178 Å². The van der Waals surface area contributed by atoms with Crippen molar-refractivity contribution in [1.29, 1.82) is 10.8 Å². The standard InChI is InChI=1S/C28H38N10O3/c1-18(21-8-6-12-37(21)2)41-24-13-23(38-15-19(35-36-38)14-31-17-32-16-29)33-27(34-24)25(30)20-7-5-11-28(26(20)40)10-4-3-9-22(28)39/h13,15-18,21,30,40H,3-12,14H2,1-2H3,(H2,29,31,32)/t18-,21-,28+/m0/s1. The summed E-state index contributed by atoms with van der Waals surface area (Å²) in [6.07, 6.45) is 10.6. The largest absolute Gasteiger partial charge is 0.511 e. The number of carbonyl (C=O) groups excluding carboxylic acids is 1. The van der Waals surface area contributed by atoms with Crippen LogP contribution in [0.1, 0.15) is 76.2 Å². The number of ketones is 1. The molecule has 4 N–H and O–H groups in total. The summed E-state index contributed by atoms with van der Waals surface area (Å²) in [4.78, 5) is 28.2. The van der Waals surface area contributed by atoms with Gasteiger partial charge in [-0.3, -0.25) is 20.5 Å². The first-order valence-electron chi connectivity index (χ1n) is 14.3. The van der Waals surface area contributed by atoms with Crippen molar-refractivity contribution in [1.82, 2.24) is 35.2 Å². The van der Waals surface area contributed by atoms with Gasteiger partial charge in [-0.15, -0.1) is 5.10 Å². The summed E-state index contributed by atoms with van der Waals surface area (Å²) in [5.41, 5.74) is 0.130. The summed E-state index contributed by atoms with van der Waals surface area (Å²) >= 11 is 0. The van der Waals surface area contributed by atoms with Gasteiger partial charge in [-0.25, -0.2) is 14.7 Å². The third kappa shape index (κ3) is 5.90. The van der Waals surface area contributed by atoms with Crippen molar-refractivity contribution in [3.8, 4) is 11.7 Å². The van der Waals surface area contributed by atoms with Crippen LogP contribution in [0.4, 0.5) is 0 Å². The highest BCUT2D eigenvalue weighted by molar-refractivity contribution is 6.09. The first-order chi connectivity index (χ1) is 19.8. The number of hydrogen-bond donors (Lipinski definition) is 4. The maximum absolute atomic E-state index is 13.0. The van der Waals surface area contributed by atoms with Crippen LogP contribution in [0.2, 0.25) is 0 Å². The van der Waals surface area contributed by atoms with Crippen LogP contribution in [-0.4, -0.2) is 84.9 Å². The number of aliphatic hydroxyl groups is 1.